The Morgan fingerprint density at radius 3 is 2.65 bits per heavy atom. The second-order valence-electron chi connectivity index (χ2n) is 7.09. The highest BCUT2D eigenvalue weighted by Crippen LogP contribution is 2.30. The zero-order valence-electron chi connectivity index (χ0n) is 15.0. The van der Waals surface area contributed by atoms with E-state index >= 15 is 0 Å². The zero-order valence-corrected chi connectivity index (χ0v) is 15.0. The minimum absolute atomic E-state index is 0.281. The maximum absolute atomic E-state index is 13.1. The molecule has 1 atom stereocenters. The molecule has 0 N–H and O–H groups in total. The molecule has 2 saturated heterocycles. The molecule has 1 aromatic heterocycles. The number of aromatic nitrogens is 2. The molecule has 2 aliphatic heterocycles. The number of aryl methyl sites for hydroxylation is 1. The van der Waals surface area contributed by atoms with Gasteiger partial charge >= 0.3 is 0 Å². The van der Waals surface area contributed by atoms with Gasteiger partial charge in [0.2, 0.25) is 5.88 Å². The van der Waals surface area contributed by atoms with Gasteiger partial charge in [-0.25, -0.2) is 9.37 Å². The fourth-order valence-corrected chi connectivity index (χ4v) is 3.80. The summed E-state index contributed by atoms with van der Waals surface area (Å²) in [6, 6.07) is 8.41. The maximum Gasteiger partial charge on any atom is 0.222 e. The largest absolute Gasteiger partial charge is 0.439 e. The van der Waals surface area contributed by atoms with Crippen molar-refractivity contribution in [2.45, 2.75) is 38.1 Å². The number of nitrogens with zero attached hydrogens (tertiary/aromatic N) is 3. The Morgan fingerprint density at radius 2 is 1.88 bits per heavy atom. The molecule has 0 bridgehead atoms. The summed E-state index contributed by atoms with van der Waals surface area (Å²) in [7, 11) is 0. The van der Waals surface area contributed by atoms with Gasteiger partial charge in [-0.1, -0.05) is 0 Å². The lowest BCUT2D eigenvalue weighted by Crippen LogP contribution is -2.37. The van der Waals surface area contributed by atoms with Crippen molar-refractivity contribution in [3.8, 4) is 11.6 Å². The molecular weight excluding hydrogens is 333 g/mol. The highest BCUT2D eigenvalue weighted by atomic mass is 19.1. The van der Waals surface area contributed by atoms with E-state index < -0.39 is 0 Å². The summed E-state index contributed by atoms with van der Waals surface area (Å²) in [5, 5.41) is 0. The highest BCUT2D eigenvalue weighted by Gasteiger charge is 2.31. The van der Waals surface area contributed by atoms with Crippen LogP contribution in [0, 0.1) is 12.7 Å². The normalized spacial score (nSPS) is 21.8. The van der Waals surface area contributed by atoms with E-state index in [0.717, 1.165) is 57.1 Å². The molecule has 2 fully saturated rings. The summed E-state index contributed by atoms with van der Waals surface area (Å²) < 4.78 is 24.3. The van der Waals surface area contributed by atoms with Gasteiger partial charge in [0.25, 0.3) is 0 Å². The van der Waals surface area contributed by atoms with Crippen LogP contribution in [0.3, 0.4) is 0 Å². The average molecular weight is 357 g/mol. The molecule has 1 unspecified atom stereocenters. The van der Waals surface area contributed by atoms with Gasteiger partial charge in [0, 0.05) is 43.5 Å². The van der Waals surface area contributed by atoms with Crippen molar-refractivity contribution < 1.29 is 13.9 Å². The second kappa shape index (κ2) is 7.68. The van der Waals surface area contributed by atoms with Crippen molar-refractivity contribution in [3.05, 3.63) is 47.7 Å². The molecule has 3 heterocycles. The molecule has 2 aromatic rings. The Labute approximate surface area is 153 Å². The number of halogens is 1. The summed E-state index contributed by atoms with van der Waals surface area (Å²) >= 11 is 0. The van der Waals surface area contributed by atoms with Gasteiger partial charge in [-0.3, -0.25) is 4.90 Å². The van der Waals surface area contributed by atoms with Gasteiger partial charge in [-0.15, -0.1) is 0 Å². The number of rotatable bonds is 4. The van der Waals surface area contributed by atoms with E-state index in [1.807, 2.05) is 13.0 Å². The lowest BCUT2D eigenvalue weighted by molar-refractivity contribution is 0.0419. The number of benzene rings is 1. The summed E-state index contributed by atoms with van der Waals surface area (Å²) in [6.07, 6.45) is 3.29. The van der Waals surface area contributed by atoms with E-state index in [2.05, 4.69) is 14.9 Å². The Kier molecular flexibility index (Phi) is 5.13. The fourth-order valence-electron chi connectivity index (χ4n) is 3.80. The van der Waals surface area contributed by atoms with Crippen LogP contribution in [0.15, 0.2) is 30.3 Å². The Morgan fingerprint density at radius 1 is 1.12 bits per heavy atom. The van der Waals surface area contributed by atoms with Crippen molar-refractivity contribution in [2.24, 2.45) is 0 Å². The lowest BCUT2D eigenvalue weighted by atomic mass is 10.1. The number of hydrogen-bond donors (Lipinski definition) is 0. The van der Waals surface area contributed by atoms with E-state index in [4.69, 9.17) is 9.47 Å². The SMILES string of the molecule is Cc1cc(Oc2ccc(F)cc2)nc(C2CCN(C3CCOCC3)C2)n1. The van der Waals surface area contributed by atoms with Crippen LogP contribution in [0.5, 0.6) is 11.6 Å². The Hall–Kier alpha value is -2.05. The zero-order chi connectivity index (χ0) is 17.9. The summed E-state index contributed by atoms with van der Waals surface area (Å²) in [5.41, 5.74) is 0.886. The molecule has 0 radical (unpaired) electrons. The van der Waals surface area contributed by atoms with Gasteiger partial charge in [0.1, 0.15) is 17.4 Å². The highest BCUT2D eigenvalue weighted by molar-refractivity contribution is 5.28. The van der Waals surface area contributed by atoms with Crippen LogP contribution >= 0.6 is 0 Å². The third kappa shape index (κ3) is 4.02. The summed E-state index contributed by atoms with van der Waals surface area (Å²) in [4.78, 5) is 11.8. The number of hydrogen-bond acceptors (Lipinski definition) is 5. The molecular formula is C20H24FN3O2. The molecule has 0 saturated carbocycles. The van der Waals surface area contributed by atoms with Crippen molar-refractivity contribution in [1.29, 1.82) is 0 Å². The first-order valence-corrected chi connectivity index (χ1v) is 9.28. The van der Waals surface area contributed by atoms with Crippen LogP contribution in [0.1, 0.15) is 36.7 Å². The molecule has 6 heteroatoms. The first-order valence-electron chi connectivity index (χ1n) is 9.28. The van der Waals surface area contributed by atoms with E-state index in [-0.39, 0.29) is 5.82 Å². The van der Waals surface area contributed by atoms with Gasteiger partial charge in [-0.05, 0) is 57.0 Å². The molecule has 1 aromatic carbocycles. The van der Waals surface area contributed by atoms with Gasteiger partial charge in [0.05, 0.1) is 0 Å². The molecule has 26 heavy (non-hydrogen) atoms. The molecule has 0 amide bonds. The standard InChI is InChI=1S/C20H24FN3O2/c1-14-12-19(26-18-4-2-16(21)3-5-18)23-20(22-14)15-6-9-24(13-15)17-7-10-25-11-8-17/h2-5,12,15,17H,6-11,13H2,1H3. The van der Waals surface area contributed by atoms with Crippen molar-refractivity contribution in [1.82, 2.24) is 14.9 Å². The fraction of sp³-hybridized carbons (Fsp3) is 0.500. The second-order valence-corrected chi connectivity index (χ2v) is 7.09. The number of likely N-dealkylation sites (tertiary alicyclic amines) is 1. The molecule has 4 rings (SSSR count). The molecule has 0 spiro atoms. The molecule has 5 nitrogen and oxygen atoms in total. The first kappa shape index (κ1) is 17.4. The molecule has 0 aliphatic carbocycles. The van der Waals surface area contributed by atoms with Crippen LogP contribution in [0.25, 0.3) is 0 Å². The third-order valence-electron chi connectivity index (χ3n) is 5.18. The smallest absolute Gasteiger partial charge is 0.222 e. The quantitative estimate of drug-likeness (QED) is 0.835. The number of ether oxygens (including phenoxy) is 2. The van der Waals surface area contributed by atoms with Gasteiger partial charge < -0.3 is 9.47 Å². The monoisotopic (exact) mass is 357 g/mol. The topological polar surface area (TPSA) is 47.5 Å². The molecule has 138 valence electrons. The van der Waals surface area contributed by atoms with Crippen LogP contribution in [-0.4, -0.2) is 47.2 Å². The predicted molar refractivity (Wildman–Crippen MR) is 96.0 cm³/mol. The summed E-state index contributed by atoms with van der Waals surface area (Å²) in [5.74, 6) is 1.98. The van der Waals surface area contributed by atoms with Crippen LogP contribution < -0.4 is 4.74 Å². The lowest BCUT2D eigenvalue weighted by Gasteiger charge is -2.30. The predicted octanol–water partition coefficient (Wildman–Crippen LogP) is 3.68. The average Bonchev–Trinajstić information content (AvgIpc) is 3.14. The first-order chi connectivity index (χ1) is 12.7. The van der Waals surface area contributed by atoms with Crippen LogP contribution in [0.4, 0.5) is 4.39 Å². The van der Waals surface area contributed by atoms with Crippen LogP contribution in [0.2, 0.25) is 0 Å². The van der Waals surface area contributed by atoms with Crippen molar-refractivity contribution >= 4 is 0 Å². The van der Waals surface area contributed by atoms with E-state index in [9.17, 15) is 4.39 Å². The summed E-state index contributed by atoms with van der Waals surface area (Å²) in [6.45, 7) is 5.75. The molecule has 2 aliphatic rings. The van der Waals surface area contributed by atoms with E-state index in [1.54, 1.807) is 12.1 Å². The minimum atomic E-state index is -0.281. The Bertz CT molecular complexity index is 747. The van der Waals surface area contributed by atoms with E-state index in [0.29, 0.717) is 23.6 Å². The van der Waals surface area contributed by atoms with Crippen LogP contribution in [-0.2, 0) is 4.74 Å². The maximum atomic E-state index is 13.1. The van der Waals surface area contributed by atoms with E-state index in [1.165, 1.54) is 12.1 Å². The minimum Gasteiger partial charge on any atom is -0.439 e. The third-order valence-corrected chi connectivity index (χ3v) is 5.18. The van der Waals surface area contributed by atoms with Gasteiger partial charge in [0.15, 0.2) is 0 Å². The Balaban J connectivity index is 1.46. The van der Waals surface area contributed by atoms with Gasteiger partial charge in [-0.2, -0.15) is 4.98 Å². The van der Waals surface area contributed by atoms with Crippen molar-refractivity contribution in [3.63, 3.8) is 0 Å². The van der Waals surface area contributed by atoms with Crippen molar-refractivity contribution in [2.75, 3.05) is 26.3 Å².